The van der Waals surface area contributed by atoms with Gasteiger partial charge in [0.2, 0.25) is 0 Å². The van der Waals surface area contributed by atoms with Gasteiger partial charge in [-0.05, 0) is 24.1 Å². The second-order valence-corrected chi connectivity index (χ2v) is 3.37. The standard InChI is InChI=1S/C12H13F2N3/c1-3-8(2)12(17-15)7-16-11-6-9(13)4-5-10(11)14/h4-7,15-16H,2-3H2,1H3/b12-7-,17-15?. The van der Waals surface area contributed by atoms with E-state index in [0.29, 0.717) is 17.7 Å². The molecule has 0 saturated heterocycles. The molecule has 0 atom stereocenters. The van der Waals surface area contributed by atoms with Crippen LogP contribution in [0.4, 0.5) is 14.5 Å². The van der Waals surface area contributed by atoms with Gasteiger partial charge in [0, 0.05) is 12.3 Å². The average molecular weight is 237 g/mol. The largest absolute Gasteiger partial charge is 0.357 e. The number of nitrogens with one attached hydrogen (secondary N) is 2. The van der Waals surface area contributed by atoms with Gasteiger partial charge in [0.15, 0.2) is 0 Å². The number of anilines is 1. The van der Waals surface area contributed by atoms with Crippen LogP contribution in [-0.2, 0) is 0 Å². The molecule has 0 fully saturated rings. The minimum atomic E-state index is -0.575. The summed E-state index contributed by atoms with van der Waals surface area (Å²) in [5.41, 5.74) is 7.88. The zero-order valence-corrected chi connectivity index (χ0v) is 9.43. The Kier molecular flexibility index (Phi) is 4.51. The molecular formula is C12H13F2N3. The van der Waals surface area contributed by atoms with E-state index < -0.39 is 11.6 Å². The van der Waals surface area contributed by atoms with E-state index in [4.69, 9.17) is 5.53 Å². The molecule has 0 aliphatic rings. The summed E-state index contributed by atoms with van der Waals surface area (Å²) < 4.78 is 26.1. The molecule has 0 bridgehead atoms. The van der Waals surface area contributed by atoms with E-state index >= 15 is 0 Å². The summed E-state index contributed by atoms with van der Waals surface area (Å²) in [6.45, 7) is 5.57. The number of benzene rings is 1. The van der Waals surface area contributed by atoms with Crippen LogP contribution in [0.15, 0.2) is 47.4 Å². The molecule has 5 heteroatoms. The Hall–Kier alpha value is -2.04. The first-order chi connectivity index (χ1) is 8.08. The average Bonchev–Trinajstić information content (AvgIpc) is 2.33. The highest BCUT2D eigenvalue weighted by atomic mass is 19.1. The maximum Gasteiger partial charge on any atom is 0.146 e. The van der Waals surface area contributed by atoms with Gasteiger partial charge in [-0.1, -0.05) is 13.5 Å². The van der Waals surface area contributed by atoms with E-state index in [-0.39, 0.29) is 5.69 Å². The smallest absolute Gasteiger partial charge is 0.146 e. The van der Waals surface area contributed by atoms with Gasteiger partial charge < -0.3 is 5.32 Å². The van der Waals surface area contributed by atoms with E-state index in [0.717, 1.165) is 18.2 Å². The molecule has 0 unspecified atom stereocenters. The van der Waals surface area contributed by atoms with Crippen LogP contribution in [0, 0.1) is 17.2 Å². The van der Waals surface area contributed by atoms with Gasteiger partial charge >= 0.3 is 0 Å². The highest BCUT2D eigenvalue weighted by molar-refractivity contribution is 5.48. The highest BCUT2D eigenvalue weighted by Gasteiger charge is 2.03. The van der Waals surface area contributed by atoms with Crippen molar-refractivity contribution in [2.45, 2.75) is 13.3 Å². The maximum atomic E-state index is 13.2. The third-order valence-electron chi connectivity index (χ3n) is 2.20. The first-order valence-corrected chi connectivity index (χ1v) is 5.05. The molecule has 0 saturated carbocycles. The number of hydrogen-bond donors (Lipinski definition) is 2. The second-order valence-electron chi connectivity index (χ2n) is 3.37. The molecule has 3 nitrogen and oxygen atoms in total. The predicted molar refractivity (Wildman–Crippen MR) is 62.6 cm³/mol. The van der Waals surface area contributed by atoms with E-state index in [1.807, 2.05) is 6.92 Å². The Morgan fingerprint density at radius 1 is 1.53 bits per heavy atom. The van der Waals surface area contributed by atoms with Crippen molar-refractivity contribution in [2.75, 3.05) is 5.32 Å². The lowest BCUT2D eigenvalue weighted by Crippen LogP contribution is -1.95. The Labute approximate surface area is 98.4 Å². The van der Waals surface area contributed by atoms with Crippen molar-refractivity contribution >= 4 is 5.69 Å². The minimum Gasteiger partial charge on any atom is -0.357 e. The van der Waals surface area contributed by atoms with Crippen molar-refractivity contribution < 1.29 is 8.78 Å². The lowest BCUT2D eigenvalue weighted by Gasteiger charge is -2.05. The number of halogens is 2. The topological polar surface area (TPSA) is 48.2 Å². The summed E-state index contributed by atoms with van der Waals surface area (Å²) in [4.78, 5) is 0. The molecular weight excluding hydrogens is 224 g/mol. The molecule has 0 radical (unpaired) electrons. The summed E-state index contributed by atoms with van der Waals surface area (Å²) in [5.74, 6) is -1.12. The van der Waals surface area contributed by atoms with Crippen molar-refractivity contribution in [3.8, 4) is 0 Å². The molecule has 2 N–H and O–H groups in total. The number of hydrogen-bond acceptors (Lipinski definition) is 3. The molecule has 0 aliphatic carbocycles. The number of nitrogens with zero attached hydrogens (tertiary/aromatic N) is 1. The molecule has 90 valence electrons. The Morgan fingerprint density at radius 3 is 2.82 bits per heavy atom. The summed E-state index contributed by atoms with van der Waals surface area (Å²) >= 11 is 0. The van der Waals surface area contributed by atoms with Gasteiger partial charge in [-0.3, -0.25) is 0 Å². The van der Waals surface area contributed by atoms with Gasteiger partial charge in [0.25, 0.3) is 0 Å². The van der Waals surface area contributed by atoms with Crippen molar-refractivity contribution in [2.24, 2.45) is 5.11 Å². The summed E-state index contributed by atoms with van der Waals surface area (Å²) in [5, 5.41) is 5.83. The van der Waals surface area contributed by atoms with E-state index in [9.17, 15) is 8.78 Å². The van der Waals surface area contributed by atoms with E-state index in [1.165, 1.54) is 6.20 Å². The molecule has 1 rings (SSSR count). The van der Waals surface area contributed by atoms with E-state index in [1.54, 1.807) is 0 Å². The predicted octanol–water partition coefficient (Wildman–Crippen LogP) is 4.22. The van der Waals surface area contributed by atoms with Crippen molar-refractivity contribution in [3.05, 3.63) is 53.9 Å². The van der Waals surface area contributed by atoms with Gasteiger partial charge in [-0.15, -0.1) is 0 Å². The third-order valence-corrected chi connectivity index (χ3v) is 2.20. The summed E-state index contributed by atoms with van der Waals surface area (Å²) in [6, 6.07) is 3.09. The maximum absolute atomic E-state index is 13.2. The molecule has 0 heterocycles. The Bertz CT molecular complexity index is 467. The van der Waals surface area contributed by atoms with Gasteiger partial charge in [-0.25, -0.2) is 14.3 Å². The van der Waals surface area contributed by atoms with Crippen LogP contribution >= 0.6 is 0 Å². The summed E-state index contributed by atoms with van der Waals surface area (Å²) in [6.07, 6.45) is 1.96. The summed E-state index contributed by atoms with van der Waals surface area (Å²) in [7, 11) is 0. The van der Waals surface area contributed by atoms with Crippen LogP contribution in [0.5, 0.6) is 0 Å². The normalized spacial score (nSPS) is 11.1. The van der Waals surface area contributed by atoms with Crippen LogP contribution in [0.3, 0.4) is 0 Å². The van der Waals surface area contributed by atoms with Crippen LogP contribution in [0.2, 0.25) is 0 Å². The van der Waals surface area contributed by atoms with Crippen LogP contribution in [0.25, 0.3) is 0 Å². The monoisotopic (exact) mass is 237 g/mol. The number of allylic oxidation sites excluding steroid dienone is 1. The van der Waals surface area contributed by atoms with Crippen LogP contribution in [-0.4, -0.2) is 0 Å². The van der Waals surface area contributed by atoms with Crippen molar-refractivity contribution in [1.82, 2.24) is 0 Å². The Morgan fingerprint density at radius 2 is 2.24 bits per heavy atom. The first-order valence-electron chi connectivity index (χ1n) is 5.05. The van der Waals surface area contributed by atoms with Gasteiger partial charge in [-0.2, -0.15) is 5.11 Å². The third kappa shape index (κ3) is 3.48. The van der Waals surface area contributed by atoms with Gasteiger partial charge in [0.05, 0.1) is 5.69 Å². The fourth-order valence-corrected chi connectivity index (χ4v) is 1.15. The lowest BCUT2D eigenvalue weighted by molar-refractivity contribution is 0.603. The molecule has 1 aromatic carbocycles. The minimum absolute atomic E-state index is 0.00458. The molecule has 1 aromatic rings. The molecule has 0 spiro atoms. The van der Waals surface area contributed by atoms with Crippen molar-refractivity contribution in [1.29, 1.82) is 5.53 Å². The molecule has 0 amide bonds. The van der Waals surface area contributed by atoms with Gasteiger partial charge in [0.1, 0.15) is 17.3 Å². The zero-order valence-electron chi connectivity index (χ0n) is 9.43. The first kappa shape index (κ1) is 13.0. The Balaban J connectivity index is 2.90. The van der Waals surface area contributed by atoms with Crippen molar-refractivity contribution in [3.63, 3.8) is 0 Å². The fourth-order valence-electron chi connectivity index (χ4n) is 1.15. The van der Waals surface area contributed by atoms with E-state index in [2.05, 4.69) is 17.0 Å². The fraction of sp³-hybridized carbons (Fsp3) is 0.167. The van der Waals surface area contributed by atoms with Crippen LogP contribution in [0.1, 0.15) is 13.3 Å². The second kappa shape index (κ2) is 5.89. The molecule has 0 aliphatic heterocycles. The highest BCUT2D eigenvalue weighted by Crippen LogP contribution is 2.17. The SMILES string of the molecule is C=C(CC)/C(=C/Nc1cc(F)ccc1F)N=N. The molecule has 17 heavy (non-hydrogen) atoms. The van der Waals surface area contributed by atoms with Crippen LogP contribution < -0.4 is 5.32 Å². The quantitative estimate of drug-likeness (QED) is 0.584. The number of rotatable bonds is 5. The molecule has 0 aromatic heterocycles. The lowest BCUT2D eigenvalue weighted by atomic mass is 10.2. The zero-order chi connectivity index (χ0) is 12.8.